The van der Waals surface area contributed by atoms with Crippen LogP contribution in [0, 0.1) is 0 Å². The van der Waals surface area contributed by atoms with E-state index in [0.717, 1.165) is 32.7 Å². The Balaban J connectivity index is 1.50. The van der Waals surface area contributed by atoms with Gasteiger partial charge in [-0.2, -0.15) is 0 Å². The van der Waals surface area contributed by atoms with E-state index in [4.69, 9.17) is 4.98 Å². The van der Waals surface area contributed by atoms with Gasteiger partial charge >= 0.3 is 0 Å². The quantitative estimate of drug-likeness (QED) is 0.318. The highest BCUT2D eigenvalue weighted by atomic mass is 79.9. The number of fused-ring (bicyclic) bond motifs is 1. The van der Waals surface area contributed by atoms with Gasteiger partial charge in [0, 0.05) is 40.8 Å². The molecule has 1 fully saturated rings. The molecule has 2 heterocycles. The zero-order valence-corrected chi connectivity index (χ0v) is 21.4. The van der Waals surface area contributed by atoms with Crippen LogP contribution in [-0.4, -0.2) is 34.0 Å². The maximum absolute atomic E-state index is 13.6. The van der Waals surface area contributed by atoms with E-state index in [1.165, 1.54) is 0 Å². The van der Waals surface area contributed by atoms with Crippen molar-refractivity contribution in [3.05, 3.63) is 89.2 Å². The average Bonchev–Trinajstić information content (AvgIpc) is 3.40. The normalized spacial score (nSPS) is 15.8. The van der Waals surface area contributed by atoms with Crippen LogP contribution in [-0.2, 0) is 16.1 Å². The van der Waals surface area contributed by atoms with Crippen molar-refractivity contribution in [1.82, 2.24) is 9.55 Å². The molecule has 1 saturated heterocycles. The fourth-order valence-electron chi connectivity index (χ4n) is 4.88. The second-order valence-corrected chi connectivity index (χ2v) is 10.0. The third-order valence-corrected chi connectivity index (χ3v) is 6.90. The van der Waals surface area contributed by atoms with E-state index < -0.39 is 0 Å². The summed E-state index contributed by atoms with van der Waals surface area (Å²) in [5, 5.41) is 0. The molecule has 4 aromatic rings. The molecule has 2 amide bonds. The molecule has 1 aliphatic heterocycles. The molecule has 1 atom stereocenters. The summed E-state index contributed by atoms with van der Waals surface area (Å²) in [5.41, 5.74) is 3.47. The number of anilines is 2. The third kappa shape index (κ3) is 4.60. The van der Waals surface area contributed by atoms with Crippen molar-refractivity contribution in [2.45, 2.75) is 38.8 Å². The number of hydrogen-bond acceptors (Lipinski definition) is 3. The Hall–Kier alpha value is -3.45. The Morgan fingerprint density at radius 3 is 2.54 bits per heavy atom. The van der Waals surface area contributed by atoms with E-state index in [2.05, 4.69) is 15.9 Å². The number of benzene rings is 3. The minimum absolute atomic E-state index is 0.00297. The lowest BCUT2D eigenvalue weighted by Gasteiger charge is -2.27. The number of halogens is 1. The lowest BCUT2D eigenvalue weighted by atomic mass is 10.1. The van der Waals surface area contributed by atoms with Crippen LogP contribution in [0.5, 0.6) is 0 Å². The van der Waals surface area contributed by atoms with Crippen molar-refractivity contribution in [1.29, 1.82) is 0 Å². The number of para-hydroxylation sites is 3. The molecule has 0 spiro atoms. The van der Waals surface area contributed by atoms with E-state index in [1.807, 2.05) is 107 Å². The van der Waals surface area contributed by atoms with E-state index in [0.29, 0.717) is 13.0 Å². The van der Waals surface area contributed by atoms with Crippen molar-refractivity contribution in [3.63, 3.8) is 0 Å². The maximum atomic E-state index is 13.6. The SMILES string of the molecule is CC(C)N(C(=O)Cn1c(C2CC(=O)N(c3cccc(Br)c3)C2)nc2ccccc21)c1ccccc1. The standard InChI is InChI=1S/C28H27BrN4O2/c1-19(2)33(22-10-4-3-5-11-22)27(35)18-32-25-14-7-6-13-24(25)30-28(32)20-15-26(34)31(17-20)23-12-8-9-21(29)16-23/h3-14,16,19-20H,15,17-18H2,1-2H3. The lowest BCUT2D eigenvalue weighted by molar-refractivity contribution is -0.119. The van der Waals surface area contributed by atoms with Gasteiger partial charge < -0.3 is 14.4 Å². The molecule has 1 aliphatic rings. The van der Waals surface area contributed by atoms with Gasteiger partial charge in [0.05, 0.1) is 11.0 Å². The highest BCUT2D eigenvalue weighted by molar-refractivity contribution is 9.10. The summed E-state index contributed by atoms with van der Waals surface area (Å²) in [5.74, 6) is 0.725. The Bertz CT molecular complexity index is 1380. The minimum Gasteiger partial charge on any atom is -0.318 e. The first-order valence-electron chi connectivity index (χ1n) is 11.8. The van der Waals surface area contributed by atoms with Crippen LogP contribution in [0.25, 0.3) is 11.0 Å². The molecular formula is C28H27BrN4O2. The van der Waals surface area contributed by atoms with E-state index in [1.54, 1.807) is 0 Å². The van der Waals surface area contributed by atoms with Crippen molar-refractivity contribution in [3.8, 4) is 0 Å². The largest absolute Gasteiger partial charge is 0.318 e. The van der Waals surface area contributed by atoms with Gasteiger partial charge in [-0.25, -0.2) is 4.98 Å². The highest BCUT2D eigenvalue weighted by Gasteiger charge is 2.35. The first kappa shape index (κ1) is 23.3. The number of hydrogen-bond donors (Lipinski definition) is 0. The summed E-state index contributed by atoms with van der Waals surface area (Å²) in [6.45, 7) is 4.72. The van der Waals surface area contributed by atoms with Crippen LogP contribution in [0.2, 0.25) is 0 Å². The molecule has 0 aliphatic carbocycles. The zero-order chi connectivity index (χ0) is 24.5. The van der Waals surface area contributed by atoms with E-state index in [9.17, 15) is 9.59 Å². The topological polar surface area (TPSA) is 58.4 Å². The van der Waals surface area contributed by atoms with Crippen LogP contribution in [0.1, 0.15) is 32.0 Å². The van der Waals surface area contributed by atoms with Gasteiger partial charge in [0.1, 0.15) is 12.4 Å². The fraction of sp³-hybridized carbons (Fsp3) is 0.250. The van der Waals surface area contributed by atoms with Crippen molar-refractivity contribution in [2.75, 3.05) is 16.3 Å². The molecule has 0 bridgehead atoms. The number of carbonyl (C=O) groups excluding carboxylic acids is 2. The molecule has 0 radical (unpaired) electrons. The number of aromatic nitrogens is 2. The second-order valence-electron chi connectivity index (χ2n) is 9.12. The summed E-state index contributed by atoms with van der Waals surface area (Å²) in [6, 6.07) is 25.4. The molecule has 35 heavy (non-hydrogen) atoms. The zero-order valence-electron chi connectivity index (χ0n) is 19.8. The fourth-order valence-corrected chi connectivity index (χ4v) is 5.26. The number of amides is 2. The highest BCUT2D eigenvalue weighted by Crippen LogP contribution is 2.34. The summed E-state index contributed by atoms with van der Waals surface area (Å²) >= 11 is 3.50. The number of carbonyl (C=O) groups is 2. The molecule has 0 N–H and O–H groups in total. The third-order valence-electron chi connectivity index (χ3n) is 6.41. The van der Waals surface area contributed by atoms with Gasteiger partial charge in [0.25, 0.3) is 0 Å². The van der Waals surface area contributed by atoms with Crippen LogP contribution in [0.3, 0.4) is 0 Å². The lowest BCUT2D eigenvalue weighted by Crippen LogP contribution is -2.39. The van der Waals surface area contributed by atoms with Crippen LogP contribution < -0.4 is 9.80 Å². The molecular weight excluding hydrogens is 504 g/mol. The Morgan fingerprint density at radius 1 is 1.06 bits per heavy atom. The molecule has 6 nitrogen and oxygen atoms in total. The number of rotatable bonds is 6. The number of imidazole rings is 1. The first-order valence-corrected chi connectivity index (χ1v) is 12.6. The van der Waals surface area contributed by atoms with Gasteiger partial charge in [-0.3, -0.25) is 9.59 Å². The maximum Gasteiger partial charge on any atom is 0.247 e. The molecule has 5 rings (SSSR count). The Labute approximate surface area is 213 Å². The van der Waals surface area contributed by atoms with E-state index >= 15 is 0 Å². The van der Waals surface area contributed by atoms with Crippen LogP contribution in [0.15, 0.2) is 83.3 Å². The van der Waals surface area contributed by atoms with Gasteiger partial charge in [-0.1, -0.05) is 52.3 Å². The molecule has 7 heteroatoms. The van der Waals surface area contributed by atoms with Crippen LogP contribution >= 0.6 is 15.9 Å². The van der Waals surface area contributed by atoms with Gasteiger partial charge in [-0.15, -0.1) is 0 Å². The molecule has 178 valence electrons. The smallest absolute Gasteiger partial charge is 0.247 e. The molecule has 1 unspecified atom stereocenters. The summed E-state index contributed by atoms with van der Waals surface area (Å²) < 4.78 is 2.93. The second kappa shape index (κ2) is 9.66. The predicted octanol–water partition coefficient (Wildman–Crippen LogP) is 5.76. The van der Waals surface area contributed by atoms with Crippen molar-refractivity contribution >= 4 is 50.2 Å². The van der Waals surface area contributed by atoms with Crippen molar-refractivity contribution < 1.29 is 9.59 Å². The summed E-state index contributed by atoms with van der Waals surface area (Å²) in [7, 11) is 0. The minimum atomic E-state index is -0.106. The van der Waals surface area contributed by atoms with Gasteiger partial charge in [-0.05, 0) is 56.3 Å². The average molecular weight is 531 g/mol. The monoisotopic (exact) mass is 530 g/mol. The molecule has 3 aromatic carbocycles. The number of nitrogens with zero attached hydrogens (tertiary/aromatic N) is 4. The van der Waals surface area contributed by atoms with E-state index in [-0.39, 0.29) is 30.3 Å². The summed E-state index contributed by atoms with van der Waals surface area (Å²) in [6.07, 6.45) is 0.358. The Morgan fingerprint density at radius 2 is 1.80 bits per heavy atom. The van der Waals surface area contributed by atoms with Crippen LogP contribution in [0.4, 0.5) is 11.4 Å². The Kier molecular flexibility index (Phi) is 6.43. The summed E-state index contributed by atoms with van der Waals surface area (Å²) in [4.78, 5) is 35.2. The van der Waals surface area contributed by atoms with Crippen molar-refractivity contribution in [2.24, 2.45) is 0 Å². The predicted molar refractivity (Wildman–Crippen MR) is 143 cm³/mol. The molecule has 1 aromatic heterocycles. The first-order chi connectivity index (χ1) is 16.9. The van der Waals surface area contributed by atoms with Gasteiger partial charge in [0.15, 0.2) is 0 Å². The molecule has 0 saturated carbocycles. The van der Waals surface area contributed by atoms with Gasteiger partial charge in [0.2, 0.25) is 11.8 Å².